The van der Waals surface area contributed by atoms with Crippen molar-refractivity contribution >= 4 is 22.4 Å². The molecule has 6 rings (SSSR count). The van der Waals surface area contributed by atoms with E-state index in [9.17, 15) is 9.59 Å². The summed E-state index contributed by atoms with van der Waals surface area (Å²) in [7, 11) is 0. The van der Waals surface area contributed by atoms with Crippen LogP contribution in [0.4, 0.5) is 0 Å². The van der Waals surface area contributed by atoms with Crippen molar-refractivity contribution in [2.45, 2.75) is 26.7 Å². The first-order chi connectivity index (χ1) is 20.0. The van der Waals surface area contributed by atoms with E-state index in [1.807, 2.05) is 109 Å². The minimum Gasteiger partial charge on any atom is -0.494 e. The lowest BCUT2D eigenvalue weighted by Crippen LogP contribution is -2.27. The molecule has 8 heteroatoms. The van der Waals surface area contributed by atoms with Gasteiger partial charge in [0.15, 0.2) is 0 Å². The maximum absolute atomic E-state index is 13.7. The van der Waals surface area contributed by atoms with Crippen molar-refractivity contribution in [2.24, 2.45) is 0 Å². The quantitative estimate of drug-likeness (QED) is 0.256. The summed E-state index contributed by atoms with van der Waals surface area (Å²) in [5, 5.41) is 4.89. The highest BCUT2D eigenvalue weighted by molar-refractivity contribution is 7.15. The smallest absolute Gasteiger partial charge is 0.277 e. The number of hydrogen-bond donors (Lipinski definition) is 0. The van der Waals surface area contributed by atoms with Crippen LogP contribution in [0.15, 0.2) is 101 Å². The second-order valence-electron chi connectivity index (χ2n) is 9.76. The first kappa shape index (κ1) is 26.4. The van der Waals surface area contributed by atoms with Crippen LogP contribution in [0.5, 0.6) is 5.75 Å². The fourth-order valence-corrected chi connectivity index (χ4v) is 5.79. The van der Waals surface area contributed by atoms with E-state index in [0.29, 0.717) is 33.8 Å². The third kappa shape index (κ3) is 5.34. The summed E-state index contributed by atoms with van der Waals surface area (Å²) in [6.45, 7) is 4.54. The average molecular weight is 561 g/mol. The molecule has 0 fully saturated rings. The molecule has 0 aliphatic carbocycles. The summed E-state index contributed by atoms with van der Waals surface area (Å²) >= 11 is 1.21. The molecule has 7 nitrogen and oxygen atoms in total. The van der Waals surface area contributed by atoms with Gasteiger partial charge in [0.2, 0.25) is 4.96 Å². The van der Waals surface area contributed by atoms with Gasteiger partial charge >= 0.3 is 0 Å². The number of ether oxygens (including phenoxy) is 1. The summed E-state index contributed by atoms with van der Waals surface area (Å²) in [5.74, 6) is 0.799. The highest BCUT2D eigenvalue weighted by Crippen LogP contribution is 2.26. The lowest BCUT2D eigenvalue weighted by molar-refractivity contribution is 0.317. The maximum atomic E-state index is 13.7. The predicted octanol–water partition coefficient (Wildman–Crippen LogP) is 5.20. The van der Waals surface area contributed by atoms with Crippen LogP contribution in [0, 0.1) is 6.92 Å². The monoisotopic (exact) mass is 560 g/mol. The molecule has 0 saturated heterocycles. The summed E-state index contributed by atoms with van der Waals surface area (Å²) < 4.78 is 9.60. The van der Waals surface area contributed by atoms with Crippen LogP contribution < -0.4 is 20.4 Å². The summed E-state index contributed by atoms with van der Waals surface area (Å²) in [5.41, 5.74) is 4.95. The highest BCUT2D eigenvalue weighted by Gasteiger charge is 2.17. The largest absolute Gasteiger partial charge is 0.494 e. The van der Waals surface area contributed by atoms with Crippen molar-refractivity contribution in [3.63, 3.8) is 0 Å². The number of aromatic nitrogens is 4. The number of thiazole rings is 1. The third-order valence-electron chi connectivity index (χ3n) is 6.91. The Labute approximate surface area is 240 Å². The number of hydrogen-bond acceptors (Lipinski definition) is 6. The zero-order valence-electron chi connectivity index (χ0n) is 22.8. The molecule has 0 radical (unpaired) electrons. The Morgan fingerprint density at radius 3 is 2.34 bits per heavy atom. The molecular formula is C33H28N4O3S. The van der Waals surface area contributed by atoms with E-state index in [2.05, 4.69) is 11.9 Å². The molecule has 0 N–H and O–H groups in total. The van der Waals surface area contributed by atoms with Crippen LogP contribution in [0.2, 0.25) is 0 Å². The van der Waals surface area contributed by atoms with Gasteiger partial charge in [-0.3, -0.25) is 14.0 Å². The molecule has 3 heterocycles. The normalized spacial score (nSPS) is 11.8. The molecule has 0 aliphatic heterocycles. The van der Waals surface area contributed by atoms with Crippen LogP contribution in [0.1, 0.15) is 35.7 Å². The second-order valence-corrected chi connectivity index (χ2v) is 10.8. The molecule has 0 atom stereocenters. The molecule has 0 spiro atoms. The van der Waals surface area contributed by atoms with Crippen molar-refractivity contribution in [1.82, 2.24) is 19.2 Å². The minimum atomic E-state index is -0.304. The van der Waals surface area contributed by atoms with E-state index in [0.717, 1.165) is 40.2 Å². The number of para-hydroxylation sites is 1. The fourth-order valence-electron chi connectivity index (χ4n) is 4.79. The average Bonchev–Trinajstić information content (AvgIpc) is 3.56. The molecule has 6 aromatic rings. The van der Waals surface area contributed by atoms with Gasteiger partial charge in [-0.05, 0) is 61.4 Å². The third-order valence-corrected chi connectivity index (χ3v) is 7.88. The van der Waals surface area contributed by atoms with E-state index in [4.69, 9.17) is 9.84 Å². The van der Waals surface area contributed by atoms with Gasteiger partial charge in [-0.1, -0.05) is 66.8 Å². The van der Waals surface area contributed by atoms with Gasteiger partial charge in [-0.2, -0.15) is 10.1 Å². The predicted molar refractivity (Wildman–Crippen MR) is 163 cm³/mol. The summed E-state index contributed by atoms with van der Waals surface area (Å²) in [4.78, 5) is 31.4. The van der Waals surface area contributed by atoms with Crippen molar-refractivity contribution in [3.8, 4) is 22.7 Å². The highest BCUT2D eigenvalue weighted by atomic mass is 32.1. The van der Waals surface area contributed by atoms with Crippen molar-refractivity contribution < 1.29 is 4.74 Å². The first-order valence-electron chi connectivity index (χ1n) is 13.5. The van der Waals surface area contributed by atoms with Gasteiger partial charge in [-0.15, -0.1) is 0 Å². The Bertz CT molecular complexity index is 1990. The van der Waals surface area contributed by atoms with Gasteiger partial charge in [-0.25, -0.2) is 4.68 Å². The lowest BCUT2D eigenvalue weighted by atomic mass is 10.1. The van der Waals surface area contributed by atoms with Crippen LogP contribution >= 0.6 is 11.3 Å². The van der Waals surface area contributed by atoms with Crippen LogP contribution in [-0.2, 0) is 6.42 Å². The molecule has 0 unspecified atom stereocenters. The molecule has 0 saturated carbocycles. The van der Waals surface area contributed by atoms with E-state index in [1.54, 1.807) is 4.40 Å². The van der Waals surface area contributed by atoms with Crippen LogP contribution in [0.3, 0.4) is 0 Å². The standard InChI is InChI=1S/C33H28N4O3S/c1-3-18-40-27-16-14-24(15-17-27)30-25(21-36(35-30)26-12-8-5-9-13-26)20-29-32(39)37-22(2)28(31(38)34-33(37)41-29)19-23-10-6-4-7-11-23/h4-17,20-21H,3,18-19H2,1-2H3. The number of aryl methyl sites for hydroxylation is 1. The Morgan fingerprint density at radius 1 is 0.927 bits per heavy atom. The molecule has 3 aromatic heterocycles. The fraction of sp³-hybridized carbons (Fsp3) is 0.152. The molecule has 0 bridgehead atoms. The molecule has 0 amide bonds. The van der Waals surface area contributed by atoms with Gasteiger partial charge in [0.1, 0.15) is 11.4 Å². The number of fused-ring (bicyclic) bond motifs is 1. The van der Waals surface area contributed by atoms with Crippen LogP contribution in [-0.4, -0.2) is 25.8 Å². The zero-order valence-corrected chi connectivity index (χ0v) is 23.6. The van der Waals surface area contributed by atoms with E-state index >= 15 is 0 Å². The second kappa shape index (κ2) is 11.3. The Kier molecular flexibility index (Phi) is 7.31. The van der Waals surface area contributed by atoms with Crippen molar-refractivity contribution in [3.05, 3.63) is 139 Å². The Hall–Kier alpha value is -4.82. The number of rotatable bonds is 8. The number of benzene rings is 3. The SMILES string of the molecule is CCCOc1ccc(-c2nn(-c3ccccc3)cc2C=c2sc3nc(=O)c(Cc4ccccc4)c(C)n3c2=O)cc1. The molecule has 41 heavy (non-hydrogen) atoms. The van der Waals surface area contributed by atoms with Gasteiger partial charge in [0, 0.05) is 35.0 Å². The van der Waals surface area contributed by atoms with Crippen molar-refractivity contribution in [1.29, 1.82) is 0 Å². The first-order valence-corrected chi connectivity index (χ1v) is 14.3. The summed E-state index contributed by atoms with van der Waals surface area (Å²) in [6, 6.07) is 27.4. The van der Waals surface area contributed by atoms with Gasteiger partial charge < -0.3 is 4.74 Å². The van der Waals surface area contributed by atoms with Crippen molar-refractivity contribution in [2.75, 3.05) is 6.61 Å². The lowest BCUT2D eigenvalue weighted by Gasteiger charge is -2.06. The topological polar surface area (TPSA) is 78.5 Å². The summed E-state index contributed by atoms with van der Waals surface area (Å²) in [6.07, 6.45) is 5.11. The Morgan fingerprint density at radius 2 is 1.63 bits per heavy atom. The molecule has 0 aliphatic rings. The molecule has 3 aromatic carbocycles. The van der Waals surface area contributed by atoms with Crippen LogP contribution in [0.25, 0.3) is 28.0 Å². The van der Waals surface area contributed by atoms with E-state index in [-0.39, 0.29) is 11.1 Å². The molecule has 204 valence electrons. The maximum Gasteiger partial charge on any atom is 0.277 e. The molecular weight excluding hydrogens is 532 g/mol. The van der Waals surface area contributed by atoms with Gasteiger partial charge in [0.05, 0.1) is 16.8 Å². The Balaban J connectivity index is 1.48. The van der Waals surface area contributed by atoms with Gasteiger partial charge in [0.25, 0.3) is 11.1 Å². The minimum absolute atomic E-state index is 0.203. The van der Waals surface area contributed by atoms with E-state index in [1.165, 1.54) is 11.3 Å². The van der Waals surface area contributed by atoms with E-state index < -0.39 is 0 Å². The number of nitrogens with zero attached hydrogens (tertiary/aromatic N) is 4. The zero-order chi connectivity index (χ0) is 28.3.